The number of hydrogen-bond acceptors (Lipinski definition) is 2. The number of amides is 3. The molecule has 26 heavy (non-hydrogen) atoms. The van der Waals surface area contributed by atoms with Crippen molar-refractivity contribution in [1.82, 2.24) is 10.6 Å². The minimum Gasteiger partial charge on any atom is -0.327 e. The third kappa shape index (κ3) is 3.59. The topological polar surface area (TPSA) is 70.2 Å². The largest absolute Gasteiger partial charge is 0.327 e. The van der Waals surface area contributed by atoms with Gasteiger partial charge in [0.15, 0.2) is 0 Å². The van der Waals surface area contributed by atoms with E-state index in [2.05, 4.69) is 16.0 Å². The summed E-state index contributed by atoms with van der Waals surface area (Å²) in [5, 5.41) is 8.26. The summed E-state index contributed by atoms with van der Waals surface area (Å²) in [6.07, 6.45) is 0. The molecule has 3 rings (SSSR count). The summed E-state index contributed by atoms with van der Waals surface area (Å²) in [7, 11) is 0. The fourth-order valence-electron chi connectivity index (χ4n) is 3.04. The zero-order chi connectivity index (χ0) is 18.8. The second-order valence-electron chi connectivity index (χ2n) is 6.39. The highest BCUT2D eigenvalue weighted by Crippen LogP contribution is 2.28. The highest BCUT2D eigenvalue weighted by atomic mass is 19.1. The van der Waals surface area contributed by atoms with E-state index >= 15 is 0 Å². The SMILES string of the molecule is CC1=C(C(=O)Nc2ccc(C)cc2C)C(c2ccc(F)cc2)NC(=O)N1. The predicted molar refractivity (Wildman–Crippen MR) is 98.1 cm³/mol. The van der Waals surface area contributed by atoms with E-state index in [1.54, 1.807) is 19.1 Å². The molecule has 5 nitrogen and oxygen atoms in total. The minimum absolute atomic E-state index is 0.323. The van der Waals surface area contributed by atoms with Crippen LogP contribution in [0.5, 0.6) is 0 Å². The van der Waals surface area contributed by atoms with Crippen molar-refractivity contribution < 1.29 is 14.0 Å². The zero-order valence-electron chi connectivity index (χ0n) is 14.8. The van der Waals surface area contributed by atoms with Crippen LogP contribution in [0.15, 0.2) is 53.7 Å². The van der Waals surface area contributed by atoms with E-state index < -0.39 is 12.1 Å². The Balaban J connectivity index is 1.95. The molecule has 1 unspecified atom stereocenters. The lowest BCUT2D eigenvalue weighted by Crippen LogP contribution is -2.46. The van der Waals surface area contributed by atoms with Gasteiger partial charge in [-0.25, -0.2) is 9.18 Å². The van der Waals surface area contributed by atoms with Crippen molar-refractivity contribution in [2.75, 3.05) is 5.32 Å². The molecule has 0 aliphatic carbocycles. The van der Waals surface area contributed by atoms with Crippen LogP contribution >= 0.6 is 0 Å². The minimum atomic E-state index is -0.657. The van der Waals surface area contributed by atoms with E-state index in [1.807, 2.05) is 32.0 Å². The van der Waals surface area contributed by atoms with Crippen LogP contribution in [0.1, 0.15) is 29.7 Å². The number of carbonyl (C=O) groups is 2. The smallest absolute Gasteiger partial charge is 0.319 e. The van der Waals surface area contributed by atoms with Gasteiger partial charge in [-0.05, 0) is 50.1 Å². The van der Waals surface area contributed by atoms with Crippen LogP contribution in [-0.4, -0.2) is 11.9 Å². The van der Waals surface area contributed by atoms with Gasteiger partial charge < -0.3 is 16.0 Å². The van der Waals surface area contributed by atoms with Crippen LogP contribution in [0.2, 0.25) is 0 Å². The van der Waals surface area contributed by atoms with Crippen LogP contribution in [0.4, 0.5) is 14.9 Å². The molecule has 3 N–H and O–H groups in total. The number of halogens is 1. The maximum absolute atomic E-state index is 13.2. The van der Waals surface area contributed by atoms with Gasteiger partial charge in [-0.1, -0.05) is 29.8 Å². The summed E-state index contributed by atoms with van der Waals surface area (Å²) < 4.78 is 13.2. The van der Waals surface area contributed by atoms with Gasteiger partial charge in [0.25, 0.3) is 5.91 Å². The summed E-state index contributed by atoms with van der Waals surface area (Å²) in [4.78, 5) is 24.8. The first kappa shape index (κ1) is 17.7. The van der Waals surface area contributed by atoms with Crippen molar-refractivity contribution in [2.45, 2.75) is 26.8 Å². The molecular weight excluding hydrogens is 333 g/mol. The lowest BCUT2D eigenvalue weighted by atomic mass is 9.94. The molecule has 0 bridgehead atoms. The summed E-state index contributed by atoms with van der Waals surface area (Å²) in [6, 6.07) is 10.4. The second kappa shape index (κ2) is 7.00. The maximum atomic E-state index is 13.2. The molecule has 1 atom stereocenters. The Hall–Kier alpha value is -3.15. The van der Waals surface area contributed by atoms with Crippen LogP contribution in [0.25, 0.3) is 0 Å². The molecule has 0 spiro atoms. The monoisotopic (exact) mass is 353 g/mol. The first-order valence-corrected chi connectivity index (χ1v) is 8.27. The molecule has 2 aromatic rings. The highest BCUT2D eigenvalue weighted by Gasteiger charge is 2.31. The average Bonchev–Trinajstić information content (AvgIpc) is 2.57. The van der Waals surface area contributed by atoms with E-state index in [4.69, 9.17) is 0 Å². The normalized spacial score (nSPS) is 16.8. The molecule has 0 fully saturated rings. The summed E-state index contributed by atoms with van der Waals surface area (Å²) in [5.74, 6) is -0.702. The number of rotatable bonds is 3. The van der Waals surface area contributed by atoms with Crippen LogP contribution in [0, 0.1) is 19.7 Å². The van der Waals surface area contributed by atoms with E-state index in [9.17, 15) is 14.0 Å². The summed E-state index contributed by atoms with van der Waals surface area (Å²) in [5.41, 5.74) is 4.23. The van der Waals surface area contributed by atoms with E-state index in [-0.39, 0.29) is 11.7 Å². The first-order valence-electron chi connectivity index (χ1n) is 8.27. The molecule has 1 aliphatic heterocycles. The Morgan fingerprint density at radius 2 is 1.77 bits per heavy atom. The van der Waals surface area contributed by atoms with Gasteiger partial charge in [-0.15, -0.1) is 0 Å². The highest BCUT2D eigenvalue weighted by molar-refractivity contribution is 6.07. The molecule has 0 saturated carbocycles. The molecular formula is C20H20FN3O2. The summed E-state index contributed by atoms with van der Waals surface area (Å²) >= 11 is 0. The maximum Gasteiger partial charge on any atom is 0.319 e. The molecule has 6 heteroatoms. The van der Waals surface area contributed by atoms with E-state index in [0.717, 1.165) is 11.1 Å². The Bertz CT molecular complexity index is 904. The van der Waals surface area contributed by atoms with Gasteiger partial charge in [-0.3, -0.25) is 4.79 Å². The number of nitrogens with one attached hydrogen (secondary N) is 3. The number of anilines is 1. The Labute approximate surface area is 151 Å². The first-order chi connectivity index (χ1) is 12.3. The molecule has 134 valence electrons. The van der Waals surface area contributed by atoms with Gasteiger partial charge in [0, 0.05) is 11.4 Å². The van der Waals surface area contributed by atoms with Crippen molar-refractivity contribution in [1.29, 1.82) is 0 Å². The molecule has 0 saturated heterocycles. The molecule has 2 aromatic carbocycles. The number of carbonyl (C=O) groups excluding carboxylic acids is 2. The standard InChI is InChI=1S/C20H20FN3O2/c1-11-4-9-16(12(2)10-11)23-19(25)17-13(3)22-20(26)24-18(17)14-5-7-15(21)8-6-14/h4-10,18H,1-3H3,(H,23,25)(H2,22,24,26). The van der Waals surface area contributed by atoms with E-state index in [0.29, 0.717) is 22.5 Å². The second-order valence-corrected chi connectivity index (χ2v) is 6.39. The number of urea groups is 1. The number of allylic oxidation sites excluding steroid dienone is 1. The predicted octanol–water partition coefficient (Wildman–Crippen LogP) is 3.71. The Morgan fingerprint density at radius 3 is 2.42 bits per heavy atom. The number of benzene rings is 2. The molecule has 0 radical (unpaired) electrons. The quantitative estimate of drug-likeness (QED) is 0.787. The van der Waals surface area contributed by atoms with Gasteiger partial charge in [-0.2, -0.15) is 0 Å². The molecule has 1 aliphatic rings. The van der Waals surface area contributed by atoms with Crippen molar-refractivity contribution in [2.24, 2.45) is 0 Å². The van der Waals surface area contributed by atoms with Gasteiger partial charge >= 0.3 is 6.03 Å². The van der Waals surface area contributed by atoms with Crippen LogP contribution < -0.4 is 16.0 Å². The lowest BCUT2D eigenvalue weighted by molar-refractivity contribution is -0.113. The number of hydrogen-bond donors (Lipinski definition) is 3. The van der Waals surface area contributed by atoms with Gasteiger partial charge in [0.2, 0.25) is 0 Å². The van der Waals surface area contributed by atoms with Crippen LogP contribution in [-0.2, 0) is 4.79 Å². The third-order valence-corrected chi connectivity index (χ3v) is 4.35. The molecule has 3 amide bonds. The van der Waals surface area contributed by atoms with Crippen LogP contribution in [0.3, 0.4) is 0 Å². The number of aryl methyl sites for hydroxylation is 2. The average molecular weight is 353 g/mol. The zero-order valence-corrected chi connectivity index (χ0v) is 14.8. The van der Waals surface area contributed by atoms with Crippen molar-refractivity contribution in [3.05, 3.63) is 76.2 Å². The Morgan fingerprint density at radius 1 is 1.08 bits per heavy atom. The van der Waals surface area contributed by atoms with Crippen molar-refractivity contribution in [3.63, 3.8) is 0 Å². The van der Waals surface area contributed by atoms with E-state index in [1.165, 1.54) is 12.1 Å². The molecule has 0 aromatic heterocycles. The molecule has 1 heterocycles. The fourth-order valence-corrected chi connectivity index (χ4v) is 3.04. The third-order valence-electron chi connectivity index (χ3n) is 4.35. The Kier molecular flexibility index (Phi) is 4.75. The van der Waals surface area contributed by atoms with Crippen molar-refractivity contribution >= 4 is 17.6 Å². The van der Waals surface area contributed by atoms with Crippen molar-refractivity contribution in [3.8, 4) is 0 Å². The van der Waals surface area contributed by atoms with Gasteiger partial charge in [0.1, 0.15) is 5.82 Å². The van der Waals surface area contributed by atoms with Gasteiger partial charge in [0.05, 0.1) is 11.6 Å². The fraction of sp³-hybridized carbons (Fsp3) is 0.200. The summed E-state index contributed by atoms with van der Waals surface area (Å²) in [6.45, 7) is 5.57. The lowest BCUT2D eigenvalue weighted by Gasteiger charge is -2.28.